The monoisotopic (exact) mass is 422 g/mol. The number of halogens is 1. The number of aliphatic imine (C=N–C) groups is 1. The van der Waals surface area contributed by atoms with E-state index in [-0.39, 0.29) is 0 Å². The van der Waals surface area contributed by atoms with E-state index < -0.39 is 0 Å². The molecule has 2 nitrogen and oxygen atoms in total. The van der Waals surface area contributed by atoms with Crippen molar-refractivity contribution in [3.05, 3.63) is 88.1 Å². The van der Waals surface area contributed by atoms with Gasteiger partial charge in [0, 0.05) is 32.5 Å². The van der Waals surface area contributed by atoms with Crippen LogP contribution in [0.1, 0.15) is 5.56 Å². The quantitative estimate of drug-likeness (QED) is 0.301. The van der Waals surface area contributed by atoms with E-state index in [0.717, 1.165) is 25.9 Å². The molecule has 3 heteroatoms. The first-order valence-corrected chi connectivity index (χ1v) is 8.85. The van der Waals surface area contributed by atoms with Gasteiger partial charge in [0.2, 0.25) is 0 Å². The van der Waals surface area contributed by atoms with Crippen molar-refractivity contribution in [1.29, 1.82) is 0 Å². The van der Waals surface area contributed by atoms with Crippen LogP contribution in [0.2, 0.25) is 0 Å². The Hall–Kier alpha value is -2.40. The van der Waals surface area contributed by atoms with Crippen LogP contribution in [0.25, 0.3) is 22.0 Å². The first-order chi connectivity index (χ1) is 11.8. The summed E-state index contributed by atoms with van der Waals surface area (Å²) in [5.41, 5.74) is 5.55. The smallest absolute Gasteiger partial charge is 0.0841 e. The predicted octanol–water partition coefficient (Wildman–Crippen LogP) is 6.19. The van der Waals surface area contributed by atoms with E-state index in [4.69, 9.17) is 4.99 Å². The van der Waals surface area contributed by atoms with Crippen LogP contribution in [0.15, 0.2) is 84.0 Å². The third-order valence-electron chi connectivity index (χ3n) is 4.02. The van der Waals surface area contributed by atoms with Gasteiger partial charge in [-0.25, -0.2) is 0 Å². The van der Waals surface area contributed by atoms with Crippen LogP contribution in [0.3, 0.4) is 0 Å². The van der Waals surface area contributed by atoms with Crippen LogP contribution in [0.4, 0.5) is 5.69 Å². The van der Waals surface area contributed by atoms with Gasteiger partial charge in [-0.05, 0) is 40.3 Å². The van der Waals surface area contributed by atoms with E-state index in [2.05, 4.69) is 94.3 Å². The summed E-state index contributed by atoms with van der Waals surface area (Å²) in [6.07, 6.45) is 3.91. The van der Waals surface area contributed by atoms with Gasteiger partial charge in [-0.3, -0.25) is 4.99 Å². The van der Waals surface area contributed by atoms with Crippen molar-refractivity contribution in [2.45, 2.75) is 0 Å². The zero-order valence-corrected chi connectivity index (χ0v) is 15.1. The highest BCUT2D eigenvalue weighted by molar-refractivity contribution is 14.1. The molecule has 0 aliphatic heterocycles. The topological polar surface area (TPSA) is 28.1 Å². The Kier molecular flexibility index (Phi) is 4.17. The normalized spacial score (nSPS) is 11.4. The van der Waals surface area contributed by atoms with Gasteiger partial charge in [-0.2, -0.15) is 0 Å². The Labute approximate surface area is 154 Å². The summed E-state index contributed by atoms with van der Waals surface area (Å²) in [7, 11) is 0. The number of nitrogens with one attached hydrogen (secondary N) is 1. The lowest BCUT2D eigenvalue weighted by Gasteiger charge is -2.08. The van der Waals surface area contributed by atoms with E-state index in [1.165, 1.54) is 10.9 Å². The lowest BCUT2D eigenvalue weighted by molar-refractivity contribution is 1.46. The maximum absolute atomic E-state index is 4.83. The average molecular weight is 422 g/mol. The Balaban J connectivity index is 1.81. The van der Waals surface area contributed by atoms with Crippen LogP contribution >= 0.6 is 22.6 Å². The molecule has 24 heavy (non-hydrogen) atoms. The lowest BCUT2D eigenvalue weighted by atomic mass is 10.0. The zero-order valence-electron chi connectivity index (χ0n) is 12.9. The van der Waals surface area contributed by atoms with Gasteiger partial charge in [-0.1, -0.05) is 60.7 Å². The van der Waals surface area contributed by atoms with Crippen molar-refractivity contribution in [3.63, 3.8) is 0 Å². The van der Waals surface area contributed by atoms with E-state index >= 15 is 0 Å². The number of rotatable bonds is 3. The summed E-state index contributed by atoms with van der Waals surface area (Å²) in [5, 5.41) is 1.20. The van der Waals surface area contributed by atoms with Crippen LogP contribution in [-0.4, -0.2) is 11.2 Å². The second-order valence-corrected chi connectivity index (χ2v) is 6.71. The molecule has 0 saturated heterocycles. The van der Waals surface area contributed by atoms with Crippen molar-refractivity contribution in [2.75, 3.05) is 0 Å². The Bertz CT molecular complexity index is 1020. The van der Waals surface area contributed by atoms with Gasteiger partial charge < -0.3 is 4.98 Å². The third-order valence-corrected chi connectivity index (χ3v) is 4.89. The second kappa shape index (κ2) is 6.61. The second-order valence-electron chi connectivity index (χ2n) is 5.55. The van der Waals surface area contributed by atoms with Crippen LogP contribution < -0.4 is 0 Å². The van der Waals surface area contributed by atoms with E-state index in [1.807, 2.05) is 18.5 Å². The number of benzene rings is 3. The SMILES string of the molecule is Ic1cccc(-c2ccccc2)c1N=Cc1cccc2cc[nH]c12. The molecule has 1 aromatic heterocycles. The van der Waals surface area contributed by atoms with Crippen molar-refractivity contribution >= 4 is 45.4 Å². The fourth-order valence-corrected chi connectivity index (χ4v) is 3.49. The summed E-state index contributed by atoms with van der Waals surface area (Å²) in [6.45, 7) is 0. The lowest BCUT2D eigenvalue weighted by Crippen LogP contribution is -1.86. The molecule has 3 aromatic carbocycles. The number of para-hydroxylation sites is 2. The highest BCUT2D eigenvalue weighted by Crippen LogP contribution is 2.34. The molecule has 1 N–H and O–H groups in total. The van der Waals surface area contributed by atoms with Crippen LogP contribution in [-0.2, 0) is 0 Å². The molecule has 0 amide bonds. The number of nitrogens with zero attached hydrogens (tertiary/aromatic N) is 1. The molecule has 0 aliphatic carbocycles. The summed E-state index contributed by atoms with van der Waals surface area (Å²) in [6, 6.07) is 25.0. The minimum Gasteiger partial charge on any atom is -0.361 e. The number of fused-ring (bicyclic) bond motifs is 1. The van der Waals surface area contributed by atoms with Crippen molar-refractivity contribution < 1.29 is 0 Å². The van der Waals surface area contributed by atoms with Gasteiger partial charge in [0.15, 0.2) is 0 Å². The van der Waals surface area contributed by atoms with E-state index in [1.54, 1.807) is 0 Å². The fourth-order valence-electron chi connectivity index (χ4n) is 2.85. The van der Waals surface area contributed by atoms with Gasteiger partial charge >= 0.3 is 0 Å². The average Bonchev–Trinajstić information content (AvgIpc) is 3.10. The van der Waals surface area contributed by atoms with Gasteiger partial charge in [0.05, 0.1) is 11.2 Å². The summed E-state index contributed by atoms with van der Waals surface area (Å²) < 4.78 is 1.14. The first kappa shape index (κ1) is 15.1. The zero-order chi connectivity index (χ0) is 16.4. The summed E-state index contributed by atoms with van der Waals surface area (Å²) >= 11 is 2.35. The summed E-state index contributed by atoms with van der Waals surface area (Å²) in [4.78, 5) is 8.12. The van der Waals surface area contributed by atoms with E-state index in [9.17, 15) is 0 Å². The maximum atomic E-state index is 4.83. The number of hydrogen-bond acceptors (Lipinski definition) is 1. The molecule has 0 spiro atoms. The fraction of sp³-hybridized carbons (Fsp3) is 0. The van der Waals surface area contributed by atoms with Gasteiger partial charge in [-0.15, -0.1) is 0 Å². The maximum Gasteiger partial charge on any atom is 0.0841 e. The largest absolute Gasteiger partial charge is 0.361 e. The molecule has 116 valence electrons. The van der Waals surface area contributed by atoms with Crippen molar-refractivity contribution in [1.82, 2.24) is 4.98 Å². The molecule has 0 bridgehead atoms. The molecule has 0 aliphatic rings. The van der Waals surface area contributed by atoms with Crippen molar-refractivity contribution in [2.24, 2.45) is 4.99 Å². The molecule has 0 fully saturated rings. The van der Waals surface area contributed by atoms with Crippen LogP contribution in [0, 0.1) is 3.57 Å². The van der Waals surface area contributed by atoms with Crippen molar-refractivity contribution in [3.8, 4) is 11.1 Å². The predicted molar refractivity (Wildman–Crippen MR) is 110 cm³/mol. The van der Waals surface area contributed by atoms with Crippen LogP contribution in [0.5, 0.6) is 0 Å². The minimum atomic E-state index is 1.01. The Morgan fingerprint density at radius 3 is 2.54 bits per heavy atom. The molecule has 0 saturated carbocycles. The highest BCUT2D eigenvalue weighted by Gasteiger charge is 2.07. The van der Waals surface area contributed by atoms with Gasteiger partial charge in [0.25, 0.3) is 0 Å². The molecular weight excluding hydrogens is 407 g/mol. The van der Waals surface area contributed by atoms with E-state index in [0.29, 0.717) is 0 Å². The number of aromatic amines is 1. The highest BCUT2D eigenvalue weighted by atomic mass is 127. The Morgan fingerprint density at radius 2 is 1.67 bits per heavy atom. The Morgan fingerprint density at radius 1 is 0.833 bits per heavy atom. The number of aromatic nitrogens is 1. The minimum absolute atomic E-state index is 1.01. The molecule has 1 heterocycles. The number of hydrogen-bond donors (Lipinski definition) is 1. The molecule has 4 aromatic rings. The first-order valence-electron chi connectivity index (χ1n) is 7.77. The molecule has 4 rings (SSSR count). The standard InChI is InChI=1S/C21H15IN2/c22-19-11-5-10-18(15-6-2-1-3-7-15)21(19)24-14-17-9-4-8-16-12-13-23-20(16)17/h1-14,23H. The third kappa shape index (κ3) is 2.87. The molecule has 0 unspecified atom stereocenters. The summed E-state index contributed by atoms with van der Waals surface area (Å²) in [5.74, 6) is 0. The number of H-pyrrole nitrogens is 1. The molecule has 0 radical (unpaired) electrons. The molecular formula is C21H15IN2. The van der Waals surface area contributed by atoms with Gasteiger partial charge in [0.1, 0.15) is 0 Å². The molecule has 0 atom stereocenters.